The Kier molecular flexibility index (Phi) is 5.73. The van der Waals surface area contributed by atoms with E-state index in [-0.39, 0.29) is 17.7 Å². The summed E-state index contributed by atoms with van der Waals surface area (Å²) in [6.07, 6.45) is 5.86. The van der Waals surface area contributed by atoms with Gasteiger partial charge in [-0.1, -0.05) is 18.2 Å². The fourth-order valence-electron chi connectivity index (χ4n) is 2.23. The summed E-state index contributed by atoms with van der Waals surface area (Å²) in [6, 6.07) is 3.46. The topological polar surface area (TPSA) is 62.6 Å². The Morgan fingerprint density at radius 3 is 2.76 bits per heavy atom. The SMILES string of the molecule is CSc1ccc(C(=O)NCCCN(C)C(=O)C2CCC2)o1. The molecule has 0 bridgehead atoms. The lowest BCUT2D eigenvalue weighted by Gasteiger charge is -2.29. The number of carbonyl (C=O) groups excluding carboxylic acids is 2. The second kappa shape index (κ2) is 7.54. The lowest BCUT2D eigenvalue weighted by atomic mass is 9.84. The third-order valence-electron chi connectivity index (χ3n) is 3.79. The van der Waals surface area contributed by atoms with Gasteiger partial charge in [-0.3, -0.25) is 9.59 Å². The number of thioether (sulfide) groups is 1. The summed E-state index contributed by atoms with van der Waals surface area (Å²) in [5.74, 6) is 0.599. The van der Waals surface area contributed by atoms with Crippen LogP contribution < -0.4 is 5.32 Å². The van der Waals surface area contributed by atoms with Crippen molar-refractivity contribution >= 4 is 23.6 Å². The standard InChI is InChI=1S/C15H22N2O3S/c1-17(15(19)11-5-3-6-11)10-4-9-16-14(18)12-7-8-13(20-12)21-2/h7-8,11H,3-6,9-10H2,1-2H3,(H,16,18). The first kappa shape index (κ1) is 15.9. The molecule has 1 aliphatic carbocycles. The van der Waals surface area contributed by atoms with Gasteiger partial charge in [0.2, 0.25) is 5.91 Å². The summed E-state index contributed by atoms with van der Waals surface area (Å²) < 4.78 is 5.35. The third kappa shape index (κ3) is 4.27. The molecule has 0 unspecified atom stereocenters. The highest BCUT2D eigenvalue weighted by Gasteiger charge is 2.27. The molecule has 5 nitrogen and oxygen atoms in total. The lowest BCUT2D eigenvalue weighted by molar-refractivity contribution is -0.136. The van der Waals surface area contributed by atoms with Crippen LogP contribution >= 0.6 is 11.8 Å². The molecular formula is C15H22N2O3S. The molecule has 0 spiro atoms. The quantitative estimate of drug-likeness (QED) is 0.620. The average molecular weight is 310 g/mol. The van der Waals surface area contributed by atoms with Gasteiger partial charge in [-0.15, -0.1) is 0 Å². The Bertz CT molecular complexity index is 497. The number of nitrogens with zero attached hydrogens (tertiary/aromatic N) is 1. The number of nitrogens with one attached hydrogen (secondary N) is 1. The van der Waals surface area contributed by atoms with Crippen molar-refractivity contribution in [3.05, 3.63) is 17.9 Å². The Morgan fingerprint density at radius 1 is 1.43 bits per heavy atom. The van der Waals surface area contributed by atoms with Gasteiger partial charge >= 0.3 is 0 Å². The number of hydrogen-bond acceptors (Lipinski definition) is 4. The number of hydrogen-bond donors (Lipinski definition) is 1. The van der Waals surface area contributed by atoms with Gasteiger partial charge in [0.05, 0.1) is 0 Å². The van der Waals surface area contributed by atoms with Gasteiger partial charge in [0.15, 0.2) is 10.9 Å². The van der Waals surface area contributed by atoms with Crippen molar-refractivity contribution in [2.24, 2.45) is 5.92 Å². The fraction of sp³-hybridized carbons (Fsp3) is 0.600. The Labute approximate surface area is 129 Å². The first-order chi connectivity index (χ1) is 10.1. The van der Waals surface area contributed by atoms with Crippen molar-refractivity contribution in [1.82, 2.24) is 10.2 Å². The predicted molar refractivity (Wildman–Crippen MR) is 82.4 cm³/mol. The molecule has 21 heavy (non-hydrogen) atoms. The molecule has 1 fully saturated rings. The molecule has 1 aromatic heterocycles. The highest BCUT2D eigenvalue weighted by atomic mass is 32.2. The van der Waals surface area contributed by atoms with Crippen LogP contribution in [0.25, 0.3) is 0 Å². The Morgan fingerprint density at radius 2 is 2.19 bits per heavy atom. The van der Waals surface area contributed by atoms with Crippen LogP contribution in [0.5, 0.6) is 0 Å². The molecule has 1 heterocycles. The summed E-state index contributed by atoms with van der Waals surface area (Å²) in [5, 5.41) is 3.54. The van der Waals surface area contributed by atoms with Crippen LogP contribution in [-0.2, 0) is 4.79 Å². The van der Waals surface area contributed by atoms with Crippen molar-refractivity contribution in [3.8, 4) is 0 Å². The normalized spacial score (nSPS) is 14.6. The molecule has 2 rings (SSSR count). The Hall–Kier alpha value is -1.43. The first-order valence-corrected chi connectivity index (χ1v) is 8.51. The van der Waals surface area contributed by atoms with Crippen LogP contribution in [0.3, 0.4) is 0 Å². The van der Waals surface area contributed by atoms with E-state index >= 15 is 0 Å². The van der Waals surface area contributed by atoms with E-state index in [4.69, 9.17) is 4.42 Å². The number of furan rings is 1. The maximum atomic E-state index is 11.9. The van der Waals surface area contributed by atoms with E-state index in [1.54, 1.807) is 17.0 Å². The van der Waals surface area contributed by atoms with E-state index in [0.717, 1.165) is 24.4 Å². The predicted octanol–water partition coefficient (Wildman–Crippen LogP) is 2.38. The third-order valence-corrected chi connectivity index (χ3v) is 4.41. The number of rotatable bonds is 7. The van der Waals surface area contributed by atoms with Crippen LogP contribution in [0.2, 0.25) is 0 Å². The highest BCUT2D eigenvalue weighted by molar-refractivity contribution is 7.98. The largest absolute Gasteiger partial charge is 0.445 e. The Balaban J connectivity index is 1.64. The van der Waals surface area contributed by atoms with Crippen LogP contribution in [-0.4, -0.2) is 43.1 Å². The maximum absolute atomic E-state index is 11.9. The van der Waals surface area contributed by atoms with Crippen LogP contribution in [0.4, 0.5) is 0 Å². The zero-order chi connectivity index (χ0) is 15.2. The molecule has 0 aliphatic heterocycles. The molecule has 0 radical (unpaired) electrons. The van der Waals surface area contributed by atoms with Gasteiger partial charge in [-0.2, -0.15) is 0 Å². The minimum atomic E-state index is -0.205. The van der Waals surface area contributed by atoms with Crippen molar-refractivity contribution in [2.75, 3.05) is 26.4 Å². The van der Waals surface area contributed by atoms with E-state index in [2.05, 4.69) is 5.32 Å². The monoisotopic (exact) mass is 310 g/mol. The molecule has 1 N–H and O–H groups in total. The van der Waals surface area contributed by atoms with E-state index < -0.39 is 0 Å². The van der Waals surface area contributed by atoms with E-state index in [1.165, 1.54) is 18.2 Å². The van der Waals surface area contributed by atoms with Crippen molar-refractivity contribution in [2.45, 2.75) is 30.8 Å². The van der Waals surface area contributed by atoms with Gasteiger partial charge < -0.3 is 14.6 Å². The second-order valence-electron chi connectivity index (χ2n) is 5.32. The fourth-order valence-corrected chi connectivity index (χ4v) is 2.61. The second-order valence-corrected chi connectivity index (χ2v) is 6.13. The van der Waals surface area contributed by atoms with Gasteiger partial charge in [-0.25, -0.2) is 0 Å². The van der Waals surface area contributed by atoms with E-state index in [1.807, 2.05) is 13.3 Å². The van der Waals surface area contributed by atoms with Crippen molar-refractivity contribution in [1.29, 1.82) is 0 Å². The van der Waals surface area contributed by atoms with Gasteiger partial charge in [0.25, 0.3) is 5.91 Å². The smallest absolute Gasteiger partial charge is 0.287 e. The van der Waals surface area contributed by atoms with E-state index in [0.29, 0.717) is 18.8 Å². The maximum Gasteiger partial charge on any atom is 0.287 e. The number of carbonyl (C=O) groups is 2. The molecular weight excluding hydrogens is 288 g/mol. The lowest BCUT2D eigenvalue weighted by Crippen LogP contribution is -2.37. The summed E-state index contributed by atoms with van der Waals surface area (Å²) in [5.41, 5.74) is 0. The average Bonchev–Trinajstić information content (AvgIpc) is 2.90. The molecule has 0 saturated heterocycles. The molecule has 2 amide bonds. The molecule has 6 heteroatoms. The first-order valence-electron chi connectivity index (χ1n) is 7.29. The van der Waals surface area contributed by atoms with Crippen LogP contribution in [0.15, 0.2) is 21.6 Å². The minimum Gasteiger partial charge on any atom is -0.445 e. The molecule has 1 aromatic rings. The molecule has 1 aliphatic rings. The summed E-state index contributed by atoms with van der Waals surface area (Å²) in [4.78, 5) is 25.5. The summed E-state index contributed by atoms with van der Waals surface area (Å²) >= 11 is 1.46. The zero-order valence-electron chi connectivity index (χ0n) is 12.6. The van der Waals surface area contributed by atoms with Crippen molar-refractivity contribution in [3.63, 3.8) is 0 Å². The van der Waals surface area contributed by atoms with Crippen LogP contribution in [0, 0.1) is 5.92 Å². The molecule has 0 aromatic carbocycles. The van der Waals surface area contributed by atoms with Gasteiger partial charge in [0, 0.05) is 26.1 Å². The van der Waals surface area contributed by atoms with Gasteiger partial charge in [0.1, 0.15) is 0 Å². The zero-order valence-corrected chi connectivity index (χ0v) is 13.4. The van der Waals surface area contributed by atoms with Gasteiger partial charge in [-0.05, 0) is 37.7 Å². The molecule has 1 saturated carbocycles. The van der Waals surface area contributed by atoms with E-state index in [9.17, 15) is 9.59 Å². The minimum absolute atomic E-state index is 0.205. The highest BCUT2D eigenvalue weighted by Crippen LogP contribution is 2.27. The summed E-state index contributed by atoms with van der Waals surface area (Å²) in [6.45, 7) is 1.21. The van der Waals surface area contributed by atoms with Crippen LogP contribution in [0.1, 0.15) is 36.2 Å². The van der Waals surface area contributed by atoms with Crippen molar-refractivity contribution < 1.29 is 14.0 Å². The molecule has 116 valence electrons. The number of amides is 2. The molecule has 0 atom stereocenters. The summed E-state index contributed by atoms with van der Waals surface area (Å²) in [7, 11) is 1.83.